The van der Waals surface area contributed by atoms with E-state index in [0.29, 0.717) is 24.8 Å². The Balaban J connectivity index is 1.24. The van der Waals surface area contributed by atoms with Crippen molar-refractivity contribution in [2.45, 2.75) is 70.3 Å². The van der Waals surface area contributed by atoms with Gasteiger partial charge in [-0.2, -0.15) is 10.2 Å². The van der Waals surface area contributed by atoms with Crippen molar-refractivity contribution in [3.63, 3.8) is 0 Å². The van der Waals surface area contributed by atoms with Crippen molar-refractivity contribution >= 4 is 28.8 Å². The smallest absolute Gasteiger partial charge is 0.407 e. The Morgan fingerprint density at radius 2 is 2.17 bits per heavy atom. The Kier molecular flexibility index (Phi) is 6.82. The van der Waals surface area contributed by atoms with E-state index in [1.807, 2.05) is 27.0 Å². The Labute approximate surface area is 203 Å². The van der Waals surface area contributed by atoms with Gasteiger partial charge in [0.2, 0.25) is 0 Å². The van der Waals surface area contributed by atoms with E-state index in [-0.39, 0.29) is 30.3 Å². The van der Waals surface area contributed by atoms with Gasteiger partial charge in [0.15, 0.2) is 11.6 Å². The minimum absolute atomic E-state index is 0.0548. The van der Waals surface area contributed by atoms with E-state index >= 15 is 0 Å². The normalized spacial score (nSPS) is 22.2. The summed E-state index contributed by atoms with van der Waals surface area (Å²) in [5.41, 5.74) is 3.30. The van der Waals surface area contributed by atoms with Gasteiger partial charge in [-0.15, -0.1) is 0 Å². The number of hydrogen-bond acceptors (Lipinski definition) is 9. The number of nitrogens with zero attached hydrogens (tertiary/aromatic N) is 5. The zero-order chi connectivity index (χ0) is 24.4. The van der Waals surface area contributed by atoms with Crippen LogP contribution in [0.4, 0.5) is 16.4 Å². The third kappa shape index (κ3) is 5.38. The summed E-state index contributed by atoms with van der Waals surface area (Å²) in [6.07, 6.45) is 4.58. The number of rotatable bonds is 8. The number of carbonyl (C=O) groups is 1. The van der Waals surface area contributed by atoms with Crippen LogP contribution in [0.2, 0.25) is 0 Å². The molecule has 2 fully saturated rings. The minimum atomic E-state index is -0.358. The number of aromatic amines is 1. The molecule has 2 aliphatic rings. The first-order valence-corrected chi connectivity index (χ1v) is 12.1. The molecule has 0 bridgehead atoms. The van der Waals surface area contributed by atoms with Gasteiger partial charge in [-0.3, -0.25) is 9.78 Å². The van der Waals surface area contributed by atoms with Crippen molar-refractivity contribution in [2.24, 2.45) is 7.05 Å². The molecule has 0 aromatic carbocycles. The molecule has 12 heteroatoms. The fourth-order valence-electron chi connectivity index (χ4n) is 4.69. The molecule has 3 atom stereocenters. The molecule has 5 rings (SSSR count). The van der Waals surface area contributed by atoms with Gasteiger partial charge in [-0.05, 0) is 39.5 Å². The zero-order valence-electron chi connectivity index (χ0n) is 20.3. The molecule has 3 aromatic rings. The van der Waals surface area contributed by atoms with E-state index in [9.17, 15) is 4.79 Å². The highest BCUT2D eigenvalue weighted by Crippen LogP contribution is 2.36. The monoisotopic (exact) mass is 484 g/mol. The van der Waals surface area contributed by atoms with E-state index in [1.165, 1.54) is 6.33 Å². The summed E-state index contributed by atoms with van der Waals surface area (Å²) < 4.78 is 18.6. The molecule has 12 nitrogen and oxygen atoms in total. The molecular weight excluding hydrogens is 452 g/mol. The van der Waals surface area contributed by atoms with Crippen molar-refractivity contribution in [1.29, 1.82) is 0 Å². The van der Waals surface area contributed by atoms with Crippen LogP contribution >= 0.6 is 0 Å². The van der Waals surface area contributed by atoms with Crippen LogP contribution in [-0.2, 0) is 27.9 Å². The van der Waals surface area contributed by atoms with E-state index in [4.69, 9.17) is 14.2 Å². The molecule has 1 amide bonds. The first-order valence-electron chi connectivity index (χ1n) is 12.1. The number of ether oxygens (including phenoxy) is 3. The predicted octanol–water partition coefficient (Wildman–Crippen LogP) is 2.91. The highest BCUT2D eigenvalue weighted by Gasteiger charge is 2.30. The standard InChI is InChI=1S/C23H32N8O4/c1-13(2)26-23(32)35-15-5-4-14(8-15)17-9-19(29-28-17)27-22-21-20(24-12-25-22)18(30-31(21)3)11-34-16-6-7-33-10-16/h9,12-16H,4-8,10-11H2,1-3H3,(H,26,32)(H2,24,25,27,28,29). The van der Waals surface area contributed by atoms with Crippen LogP contribution in [0.1, 0.15) is 56.8 Å². The zero-order valence-corrected chi connectivity index (χ0v) is 20.3. The third-order valence-electron chi connectivity index (χ3n) is 6.38. The summed E-state index contributed by atoms with van der Waals surface area (Å²) in [6, 6.07) is 2.04. The molecular formula is C23H32N8O4. The van der Waals surface area contributed by atoms with Gasteiger partial charge in [0, 0.05) is 37.4 Å². The molecule has 3 N–H and O–H groups in total. The van der Waals surface area contributed by atoms with E-state index in [0.717, 1.165) is 54.7 Å². The second-order valence-electron chi connectivity index (χ2n) is 9.46. The average molecular weight is 485 g/mol. The molecule has 1 saturated carbocycles. The maximum Gasteiger partial charge on any atom is 0.407 e. The van der Waals surface area contributed by atoms with Crippen molar-refractivity contribution in [1.82, 2.24) is 35.3 Å². The number of aryl methyl sites for hydroxylation is 1. The van der Waals surface area contributed by atoms with Gasteiger partial charge in [-0.1, -0.05) is 0 Å². The number of aromatic nitrogens is 6. The number of nitrogens with one attached hydrogen (secondary N) is 3. The van der Waals surface area contributed by atoms with E-state index in [1.54, 1.807) is 4.68 Å². The molecule has 4 heterocycles. The van der Waals surface area contributed by atoms with E-state index in [2.05, 4.69) is 35.9 Å². The van der Waals surface area contributed by atoms with Crippen molar-refractivity contribution in [3.8, 4) is 0 Å². The molecule has 35 heavy (non-hydrogen) atoms. The predicted molar refractivity (Wildman–Crippen MR) is 127 cm³/mol. The lowest BCUT2D eigenvalue weighted by molar-refractivity contribution is 0.0304. The molecule has 188 valence electrons. The van der Waals surface area contributed by atoms with Crippen molar-refractivity contribution in [3.05, 3.63) is 23.8 Å². The van der Waals surface area contributed by atoms with Gasteiger partial charge in [0.05, 0.1) is 19.3 Å². The summed E-state index contributed by atoms with van der Waals surface area (Å²) in [4.78, 5) is 20.8. The number of H-pyrrole nitrogens is 1. The minimum Gasteiger partial charge on any atom is -0.446 e. The molecule has 0 spiro atoms. The molecule has 3 unspecified atom stereocenters. The first-order chi connectivity index (χ1) is 17.0. The lowest BCUT2D eigenvalue weighted by Crippen LogP contribution is -2.33. The van der Waals surface area contributed by atoms with Crippen LogP contribution in [0.3, 0.4) is 0 Å². The number of alkyl carbamates (subject to hydrolysis) is 1. The Morgan fingerprint density at radius 3 is 2.97 bits per heavy atom. The van der Waals surface area contributed by atoms with Crippen LogP contribution < -0.4 is 10.6 Å². The number of amides is 1. The summed E-state index contributed by atoms with van der Waals surface area (Å²) >= 11 is 0. The molecule has 1 aliphatic heterocycles. The Morgan fingerprint density at radius 1 is 1.29 bits per heavy atom. The SMILES string of the molecule is CC(C)NC(=O)OC1CCC(c2cc(Nc3ncnc4c(COC5CCOC5)nn(C)c34)n[nH]2)C1. The highest BCUT2D eigenvalue weighted by atomic mass is 16.6. The number of hydrogen-bond donors (Lipinski definition) is 3. The Bertz CT molecular complexity index is 1170. The maximum atomic E-state index is 11.9. The van der Waals surface area contributed by atoms with Gasteiger partial charge in [-0.25, -0.2) is 14.8 Å². The Hall–Kier alpha value is -3.25. The average Bonchev–Trinajstić information content (AvgIpc) is 3.60. The number of carbonyl (C=O) groups excluding carboxylic acids is 1. The summed E-state index contributed by atoms with van der Waals surface area (Å²) in [6.45, 7) is 5.55. The van der Waals surface area contributed by atoms with E-state index < -0.39 is 0 Å². The number of anilines is 2. The van der Waals surface area contributed by atoms with Crippen LogP contribution in [0.5, 0.6) is 0 Å². The van der Waals surface area contributed by atoms with Crippen molar-refractivity contribution in [2.75, 3.05) is 18.5 Å². The highest BCUT2D eigenvalue weighted by molar-refractivity contribution is 5.88. The fourth-order valence-corrected chi connectivity index (χ4v) is 4.69. The largest absolute Gasteiger partial charge is 0.446 e. The third-order valence-corrected chi connectivity index (χ3v) is 6.38. The maximum absolute atomic E-state index is 11.9. The van der Waals surface area contributed by atoms with Crippen LogP contribution in [0, 0.1) is 0 Å². The van der Waals surface area contributed by atoms with Crippen molar-refractivity contribution < 1.29 is 19.0 Å². The lowest BCUT2D eigenvalue weighted by atomic mass is 10.0. The number of fused-ring (bicyclic) bond motifs is 1. The summed E-state index contributed by atoms with van der Waals surface area (Å²) in [5.74, 6) is 1.53. The second kappa shape index (κ2) is 10.2. The molecule has 0 radical (unpaired) electrons. The summed E-state index contributed by atoms with van der Waals surface area (Å²) in [5, 5.41) is 18.2. The van der Waals surface area contributed by atoms with Crippen LogP contribution in [-0.4, -0.2) is 67.5 Å². The molecule has 1 aliphatic carbocycles. The second-order valence-corrected chi connectivity index (χ2v) is 9.46. The first kappa shape index (κ1) is 23.5. The molecule has 1 saturated heterocycles. The van der Waals surface area contributed by atoms with Gasteiger partial charge < -0.3 is 24.8 Å². The fraction of sp³-hybridized carbons (Fsp3) is 0.609. The van der Waals surface area contributed by atoms with Crippen LogP contribution in [0.15, 0.2) is 12.4 Å². The molecule has 3 aromatic heterocycles. The van der Waals surface area contributed by atoms with Crippen LogP contribution in [0.25, 0.3) is 11.0 Å². The topological polar surface area (TPSA) is 141 Å². The summed E-state index contributed by atoms with van der Waals surface area (Å²) in [7, 11) is 1.86. The van der Waals surface area contributed by atoms with Gasteiger partial charge in [0.25, 0.3) is 0 Å². The lowest BCUT2D eigenvalue weighted by Gasteiger charge is -2.14. The van der Waals surface area contributed by atoms with Gasteiger partial charge >= 0.3 is 6.09 Å². The quantitative estimate of drug-likeness (QED) is 0.440. The van der Waals surface area contributed by atoms with Gasteiger partial charge in [0.1, 0.15) is 29.2 Å².